The van der Waals surface area contributed by atoms with Crippen molar-refractivity contribution in [1.29, 1.82) is 0 Å². The molecule has 3 saturated carbocycles. The number of hydrogen-bond donors (Lipinski definition) is 1. The molecule has 0 aromatic carbocycles. The van der Waals surface area contributed by atoms with Gasteiger partial charge < -0.3 is 19.3 Å². The van der Waals surface area contributed by atoms with Crippen LogP contribution in [0.1, 0.15) is 97.8 Å². The minimum absolute atomic E-state index is 0.0749. The number of rotatable bonds is 2. The molecule has 0 radical (unpaired) electrons. The molecule has 0 aromatic heterocycles. The zero-order valence-corrected chi connectivity index (χ0v) is 17.0. The summed E-state index contributed by atoms with van der Waals surface area (Å²) < 4.78 is 19.6. The van der Waals surface area contributed by atoms with Gasteiger partial charge in [0.2, 0.25) is 0 Å². The molecule has 1 N–H and O–H groups in total. The molecule has 0 amide bonds. The van der Waals surface area contributed by atoms with Crippen molar-refractivity contribution in [3.8, 4) is 0 Å². The molecule has 4 nitrogen and oxygen atoms in total. The maximum absolute atomic E-state index is 10.9. The molecule has 1 saturated heterocycles. The minimum atomic E-state index is -0.916. The van der Waals surface area contributed by atoms with E-state index in [2.05, 4.69) is 20.8 Å². The topological polar surface area (TPSA) is 47.9 Å². The van der Waals surface area contributed by atoms with Crippen molar-refractivity contribution in [2.45, 2.75) is 128 Å². The summed E-state index contributed by atoms with van der Waals surface area (Å²) in [5.74, 6) is -0.854. The Morgan fingerprint density at radius 2 is 1.46 bits per heavy atom. The fourth-order valence-corrected chi connectivity index (χ4v) is 5.79. The predicted molar refractivity (Wildman–Crippen MR) is 101 cm³/mol. The average molecular weight is 367 g/mol. The smallest absolute Gasteiger partial charge is 0.169 e. The zero-order chi connectivity index (χ0) is 18.4. The third-order valence-electron chi connectivity index (χ3n) is 7.24. The van der Waals surface area contributed by atoms with Gasteiger partial charge in [0.05, 0.1) is 18.3 Å². The van der Waals surface area contributed by atoms with Crippen LogP contribution in [0.15, 0.2) is 0 Å². The highest BCUT2D eigenvalue weighted by atomic mass is 16.8. The average Bonchev–Trinajstić information content (AvgIpc) is 2.91. The molecule has 4 unspecified atom stereocenters. The molecule has 1 aliphatic heterocycles. The van der Waals surface area contributed by atoms with Crippen LogP contribution in [0.2, 0.25) is 0 Å². The highest BCUT2D eigenvalue weighted by Crippen LogP contribution is 2.51. The molecule has 4 rings (SSSR count). The van der Waals surface area contributed by atoms with Crippen LogP contribution in [0, 0.1) is 11.3 Å². The van der Waals surface area contributed by atoms with Crippen molar-refractivity contribution in [3.05, 3.63) is 0 Å². The lowest BCUT2D eigenvalue weighted by Gasteiger charge is -2.45. The van der Waals surface area contributed by atoms with E-state index < -0.39 is 5.79 Å². The Kier molecular flexibility index (Phi) is 5.18. The molecule has 150 valence electrons. The van der Waals surface area contributed by atoms with Crippen LogP contribution in [-0.4, -0.2) is 35.0 Å². The van der Waals surface area contributed by atoms with Crippen LogP contribution in [0.25, 0.3) is 0 Å². The lowest BCUT2D eigenvalue weighted by atomic mass is 9.69. The molecule has 4 atom stereocenters. The van der Waals surface area contributed by atoms with Crippen molar-refractivity contribution in [1.82, 2.24) is 0 Å². The number of ether oxygens (including phenoxy) is 3. The van der Waals surface area contributed by atoms with Crippen LogP contribution in [0.3, 0.4) is 0 Å². The van der Waals surface area contributed by atoms with Gasteiger partial charge in [-0.3, -0.25) is 0 Å². The van der Waals surface area contributed by atoms with E-state index in [1.54, 1.807) is 0 Å². The van der Waals surface area contributed by atoms with Crippen molar-refractivity contribution < 1.29 is 19.3 Å². The molecule has 4 aliphatic rings. The summed E-state index contributed by atoms with van der Waals surface area (Å²) in [5, 5.41) is 10.9. The quantitative estimate of drug-likeness (QED) is 0.704. The molecule has 1 spiro atoms. The van der Waals surface area contributed by atoms with Gasteiger partial charge in [-0.2, -0.15) is 0 Å². The van der Waals surface area contributed by atoms with E-state index in [9.17, 15) is 5.11 Å². The highest BCUT2D eigenvalue weighted by molar-refractivity contribution is 5.00. The Morgan fingerprint density at radius 1 is 0.846 bits per heavy atom. The van der Waals surface area contributed by atoms with Crippen LogP contribution < -0.4 is 0 Å². The Bertz CT molecular complexity index is 485. The Labute approximate surface area is 159 Å². The van der Waals surface area contributed by atoms with Gasteiger partial charge in [0.1, 0.15) is 0 Å². The largest absolute Gasteiger partial charge is 0.365 e. The first kappa shape index (κ1) is 19.2. The van der Waals surface area contributed by atoms with Crippen LogP contribution in [0.4, 0.5) is 0 Å². The SMILES string of the molecule is CC(C)(C)C1CC(OC2(O)CCCCC2)CC2OC3(CCCCC3)OC21. The second-order valence-corrected chi connectivity index (χ2v) is 10.4. The second-order valence-electron chi connectivity index (χ2n) is 10.4. The maximum atomic E-state index is 10.9. The van der Waals surface area contributed by atoms with E-state index in [0.717, 1.165) is 51.4 Å². The standard InChI is InChI=1S/C22H38O4/c1-20(2,3)17-14-16(24-21(23)10-6-4-7-11-21)15-18-19(17)26-22(25-18)12-8-5-9-13-22/h16-19,23H,4-15H2,1-3H3. The summed E-state index contributed by atoms with van der Waals surface area (Å²) in [7, 11) is 0. The Hall–Kier alpha value is -0.160. The maximum Gasteiger partial charge on any atom is 0.169 e. The summed E-state index contributed by atoms with van der Waals surface area (Å²) in [5.41, 5.74) is 0.143. The normalized spacial score (nSPS) is 39.7. The van der Waals surface area contributed by atoms with Crippen molar-refractivity contribution in [2.24, 2.45) is 11.3 Å². The Balaban J connectivity index is 1.50. The summed E-state index contributed by atoms with van der Waals surface area (Å²) in [6, 6.07) is 0. The Morgan fingerprint density at radius 3 is 2.08 bits per heavy atom. The lowest BCUT2D eigenvalue weighted by molar-refractivity contribution is -0.259. The van der Waals surface area contributed by atoms with Gasteiger partial charge in [-0.1, -0.05) is 33.6 Å². The van der Waals surface area contributed by atoms with E-state index >= 15 is 0 Å². The second kappa shape index (κ2) is 7.02. The van der Waals surface area contributed by atoms with E-state index in [0.29, 0.717) is 5.92 Å². The molecule has 0 aromatic rings. The fourth-order valence-electron chi connectivity index (χ4n) is 5.79. The van der Waals surface area contributed by atoms with E-state index in [4.69, 9.17) is 14.2 Å². The molecule has 3 aliphatic carbocycles. The van der Waals surface area contributed by atoms with Gasteiger partial charge in [0.15, 0.2) is 11.6 Å². The van der Waals surface area contributed by atoms with Crippen LogP contribution in [-0.2, 0) is 14.2 Å². The van der Waals surface area contributed by atoms with E-state index in [1.165, 1.54) is 25.7 Å². The molecule has 0 bridgehead atoms. The molecule has 26 heavy (non-hydrogen) atoms. The van der Waals surface area contributed by atoms with E-state index in [1.807, 2.05) is 0 Å². The van der Waals surface area contributed by atoms with Gasteiger partial charge in [-0.25, -0.2) is 0 Å². The van der Waals surface area contributed by atoms with Crippen molar-refractivity contribution in [2.75, 3.05) is 0 Å². The van der Waals surface area contributed by atoms with Crippen molar-refractivity contribution in [3.63, 3.8) is 0 Å². The molecular weight excluding hydrogens is 328 g/mol. The number of aliphatic hydroxyl groups is 1. The van der Waals surface area contributed by atoms with Crippen molar-refractivity contribution >= 4 is 0 Å². The van der Waals surface area contributed by atoms with Gasteiger partial charge in [0.25, 0.3) is 0 Å². The molecule has 1 heterocycles. The number of hydrogen-bond acceptors (Lipinski definition) is 4. The zero-order valence-electron chi connectivity index (χ0n) is 17.0. The highest BCUT2D eigenvalue weighted by Gasteiger charge is 2.56. The van der Waals surface area contributed by atoms with Gasteiger partial charge in [0, 0.05) is 32.1 Å². The number of fused-ring (bicyclic) bond motifs is 1. The van der Waals surface area contributed by atoms with Gasteiger partial charge in [-0.15, -0.1) is 0 Å². The predicted octanol–water partition coefficient (Wildman–Crippen LogP) is 4.92. The molecular formula is C22H38O4. The van der Waals surface area contributed by atoms with E-state index in [-0.39, 0.29) is 29.5 Å². The fraction of sp³-hybridized carbons (Fsp3) is 1.00. The van der Waals surface area contributed by atoms with Gasteiger partial charge >= 0.3 is 0 Å². The summed E-state index contributed by atoms with van der Waals surface area (Å²) in [4.78, 5) is 0. The molecule has 4 heteroatoms. The first-order chi connectivity index (χ1) is 12.3. The third kappa shape index (κ3) is 3.85. The summed E-state index contributed by atoms with van der Waals surface area (Å²) >= 11 is 0. The summed E-state index contributed by atoms with van der Waals surface area (Å²) in [6.45, 7) is 6.92. The first-order valence-corrected chi connectivity index (χ1v) is 11.0. The van der Waals surface area contributed by atoms with Crippen LogP contribution in [0.5, 0.6) is 0 Å². The van der Waals surface area contributed by atoms with Crippen LogP contribution >= 0.6 is 0 Å². The lowest BCUT2D eigenvalue weighted by Crippen LogP contribution is -2.50. The summed E-state index contributed by atoms with van der Waals surface area (Å²) in [6.07, 6.45) is 12.9. The van der Waals surface area contributed by atoms with Gasteiger partial charge in [-0.05, 0) is 43.4 Å². The monoisotopic (exact) mass is 366 g/mol. The third-order valence-corrected chi connectivity index (χ3v) is 7.24. The minimum Gasteiger partial charge on any atom is -0.365 e. The molecule has 4 fully saturated rings. The first-order valence-electron chi connectivity index (χ1n) is 11.0.